The Kier molecular flexibility index (Phi) is 7.38. The monoisotopic (exact) mass is 452 g/mol. The summed E-state index contributed by atoms with van der Waals surface area (Å²) in [6, 6.07) is 3.73. The van der Waals surface area contributed by atoms with Gasteiger partial charge in [-0.05, 0) is 57.0 Å². The summed E-state index contributed by atoms with van der Waals surface area (Å²) < 4.78 is 55.8. The number of aromatic nitrogens is 2. The van der Waals surface area contributed by atoms with Crippen LogP contribution in [0.5, 0.6) is 5.88 Å². The molecule has 174 valence electrons. The van der Waals surface area contributed by atoms with Crippen LogP contribution < -0.4 is 10.1 Å². The van der Waals surface area contributed by atoms with Gasteiger partial charge in [-0.3, -0.25) is 4.90 Å². The van der Waals surface area contributed by atoms with E-state index in [1.54, 1.807) is 19.2 Å². The van der Waals surface area contributed by atoms with E-state index in [1.165, 1.54) is 11.8 Å². The molecular formula is C23H28F4N4O. The number of anilines is 1. The van der Waals surface area contributed by atoms with Gasteiger partial charge in [0.15, 0.2) is 6.61 Å². The highest BCUT2D eigenvalue weighted by atomic mass is 19.3. The van der Waals surface area contributed by atoms with Crippen molar-refractivity contribution in [1.29, 1.82) is 0 Å². The second kappa shape index (κ2) is 9.85. The lowest BCUT2D eigenvalue weighted by molar-refractivity contribution is -0.148. The zero-order valence-corrected chi connectivity index (χ0v) is 18.6. The van der Waals surface area contributed by atoms with E-state index in [0.29, 0.717) is 12.1 Å². The summed E-state index contributed by atoms with van der Waals surface area (Å²) in [7, 11) is 3.82. The topological polar surface area (TPSA) is 50.3 Å². The number of nitrogens with one attached hydrogen (secondary N) is 1. The maximum atomic E-state index is 13.1. The Morgan fingerprint density at radius 1 is 1.28 bits per heavy atom. The van der Waals surface area contributed by atoms with E-state index in [2.05, 4.69) is 26.3 Å². The number of alkyl halides is 4. The van der Waals surface area contributed by atoms with Crippen LogP contribution in [0.4, 0.5) is 23.4 Å². The van der Waals surface area contributed by atoms with Gasteiger partial charge < -0.3 is 10.1 Å². The minimum absolute atomic E-state index is 0.0518. The lowest BCUT2D eigenvalue weighted by Crippen LogP contribution is -2.34. The summed E-state index contributed by atoms with van der Waals surface area (Å²) in [6.45, 7) is 2.87. The van der Waals surface area contributed by atoms with Gasteiger partial charge in [0.2, 0.25) is 5.88 Å². The fourth-order valence-corrected chi connectivity index (χ4v) is 3.29. The molecule has 1 aliphatic rings. The van der Waals surface area contributed by atoms with E-state index in [9.17, 15) is 17.6 Å². The third-order valence-corrected chi connectivity index (χ3v) is 5.55. The van der Waals surface area contributed by atoms with Crippen LogP contribution in [0.25, 0.3) is 6.08 Å². The second-order valence-corrected chi connectivity index (χ2v) is 8.11. The van der Waals surface area contributed by atoms with Gasteiger partial charge in [0.25, 0.3) is 0 Å². The summed E-state index contributed by atoms with van der Waals surface area (Å²) in [5.74, 6) is -3.48. The van der Waals surface area contributed by atoms with Crippen LogP contribution in [-0.2, 0) is 6.54 Å². The number of hydrogen-bond acceptors (Lipinski definition) is 5. The zero-order valence-electron chi connectivity index (χ0n) is 18.6. The number of pyridine rings is 2. The molecule has 0 aliphatic heterocycles. The molecule has 2 heterocycles. The molecule has 2 aromatic heterocycles. The summed E-state index contributed by atoms with van der Waals surface area (Å²) in [4.78, 5) is 10.7. The fraction of sp³-hybridized carbons (Fsp3) is 0.478. The zero-order chi connectivity index (χ0) is 23.5. The van der Waals surface area contributed by atoms with Crippen LogP contribution in [0.1, 0.15) is 48.1 Å². The molecule has 1 aliphatic carbocycles. The van der Waals surface area contributed by atoms with Crippen molar-refractivity contribution < 1.29 is 22.3 Å². The highest BCUT2D eigenvalue weighted by Gasteiger charge is 2.42. The minimum Gasteiger partial charge on any atom is -0.471 e. The first-order valence-corrected chi connectivity index (χ1v) is 10.4. The quantitative estimate of drug-likeness (QED) is 0.484. The van der Waals surface area contributed by atoms with Gasteiger partial charge >= 0.3 is 12.3 Å². The van der Waals surface area contributed by atoms with Gasteiger partial charge in [0, 0.05) is 43.2 Å². The van der Waals surface area contributed by atoms with Crippen LogP contribution in [0, 0.1) is 6.92 Å². The normalized spacial score (nSPS) is 14.6. The summed E-state index contributed by atoms with van der Waals surface area (Å²) >= 11 is 0. The lowest BCUT2D eigenvalue weighted by Gasteiger charge is -2.27. The van der Waals surface area contributed by atoms with Crippen molar-refractivity contribution in [3.05, 3.63) is 52.4 Å². The highest BCUT2D eigenvalue weighted by molar-refractivity contribution is 5.64. The van der Waals surface area contributed by atoms with Crippen molar-refractivity contribution in [1.82, 2.24) is 14.9 Å². The maximum absolute atomic E-state index is 13.1. The number of rotatable bonds is 10. The summed E-state index contributed by atoms with van der Waals surface area (Å²) in [6.07, 6.45) is 4.00. The predicted molar refractivity (Wildman–Crippen MR) is 116 cm³/mol. The van der Waals surface area contributed by atoms with Gasteiger partial charge in [-0.2, -0.15) is 8.78 Å². The highest BCUT2D eigenvalue weighted by Crippen LogP contribution is 2.33. The minimum atomic E-state index is -4.22. The molecule has 2 aromatic rings. The smallest absolute Gasteiger partial charge is 0.340 e. The number of allylic oxidation sites excluding steroid dienone is 1. The molecule has 32 heavy (non-hydrogen) atoms. The number of halogens is 4. The standard InChI is InChI=1S/C23H28F4N4O/c1-14-9-18(11-30-21(14)32-13-23(26,27)22(24)25)15(2)31(4)12-19-17(10-16-5-6-16)7-8-29-20(19)28-3/h7-11,15,22H,5-6,12-13H2,1-4H3,(H,28,29). The second-order valence-electron chi connectivity index (χ2n) is 8.11. The number of hydrogen-bond donors (Lipinski definition) is 1. The summed E-state index contributed by atoms with van der Waals surface area (Å²) in [5, 5.41) is 3.15. The Morgan fingerprint density at radius 3 is 2.59 bits per heavy atom. The molecule has 1 N–H and O–H groups in total. The van der Waals surface area contributed by atoms with Gasteiger partial charge in [0.1, 0.15) is 5.82 Å². The first kappa shape index (κ1) is 24.0. The van der Waals surface area contributed by atoms with Gasteiger partial charge in [-0.15, -0.1) is 0 Å². The third kappa shape index (κ3) is 5.76. The van der Waals surface area contributed by atoms with E-state index in [4.69, 9.17) is 4.74 Å². The predicted octanol–water partition coefficient (Wildman–Crippen LogP) is 5.48. The Balaban J connectivity index is 1.73. The molecule has 5 nitrogen and oxygen atoms in total. The number of nitrogens with zero attached hydrogens (tertiary/aromatic N) is 3. The molecule has 1 atom stereocenters. The van der Waals surface area contributed by atoms with Crippen molar-refractivity contribution in [2.45, 2.75) is 51.6 Å². The lowest BCUT2D eigenvalue weighted by atomic mass is 10.0. The molecule has 0 spiro atoms. The van der Waals surface area contributed by atoms with Crippen molar-refractivity contribution in [2.75, 3.05) is 26.0 Å². The molecule has 0 saturated heterocycles. The van der Waals surface area contributed by atoms with E-state index >= 15 is 0 Å². The number of ether oxygens (including phenoxy) is 1. The first-order valence-electron chi connectivity index (χ1n) is 10.4. The molecule has 1 saturated carbocycles. The largest absolute Gasteiger partial charge is 0.471 e. The SMILES string of the molecule is CNc1nccc(C=C2CC2)c1CN(C)C(C)c1cnc(OCC(F)(F)C(F)F)c(C)c1. The van der Waals surface area contributed by atoms with Crippen molar-refractivity contribution in [3.8, 4) is 5.88 Å². The molecule has 3 rings (SSSR count). The first-order chi connectivity index (χ1) is 15.1. The van der Waals surface area contributed by atoms with E-state index < -0.39 is 19.0 Å². The average Bonchev–Trinajstić information content (AvgIpc) is 3.57. The molecular weight excluding hydrogens is 424 g/mol. The van der Waals surface area contributed by atoms with Crippen LogP contribution in [-0.4, -0.2) is 47.9 Å². The van der Waals surface area contributed by atoms with Crippen LogP contribution in [0.15, 0.2) is 30.1 Å². The third-order valence-electron chi connectivity index (χ3n) is 5.55. The fourth-order valence-electron chi connectivity index (χ4n) is 3.29. The van der Waals surface area contributed by atoms with Crippen LogP contribution in [0.2, 0.25) is 0 Å². The molecule has 1 fully saturated rings. The molecule has 0 aromatic carbocycles. The van der Waals surface area contributed by atoms with Crippen molar-refractivity contribution >= 4 is 11.9 Å². The van der Waals surface area contributed by atoms with Gasteiger partial charge in [-0.1, -0.05) is 11.6 Å². The molecule has 0 radical (unpaired) electrons. The van der Waals surface area contributed by atoms with E-state index in [0.717, 1.165) is 35.3 Å². The van der Waals surface area contributed by atoms with Crippen molar-refractivity contribution in [3.63, 3.8) is 0 Å². The molecule has 0 amide bonds. The van der Waals surface area contributed by atoms with Gasteiger partial charge in [0.05, 0.1) is 0 Å². The number of aryl methyl sites for hydroxylation is 1. The Hall–Kier alpha value is -2.68. The summed E-state index contributed by atoms with van der Waals surface area (Å²) in [5.41, 5.74) is 5.00. The Bertz CT molecular complexity index is 974. The molecule has 1 unspecified atom stereocenters. The molecule has 0 bridgehead atoms. The Labute approximate surface area is 185 Å². The molecule has 9 heteroatoms. The van der Waals surface area contributed by atoms with Gasteiger partial charge in [-0.25, -0.2) is 18.7 Å². The average molecular weight is 452 g/mol. The van der Waals surface area contributed by atoms with E-state index in [1.807, 2.05) is 27.1 Å². The van der Waals surface area contributed by atoms with Crippen LogP contribution in [0.3, 0.4) is 0 Å². The van der Waals surface area contributed by atoms with Crippen molar-refractivity contribution in [2.24, 2.45) is 0 Å². The maximum Gasteiger partial charge on any atom is 0.340 e. The Morgan fingerprint density at radius 2 is 2.00 bits per heavy atom. The van der Waals surface area contributed by atoms with E-state index in [-0.39, 0.29) is 11.9 Å². The van der Waals surface area contributed by atoms with Crippen LogP contribution >= 0.6 is 0 Å².